The van der Waals surface area contributed by atoms with Crippen molar-refractivity contribution in [3.05, 3.63) is 40.7 Å². The lowest BCUT2D eigenvalue weighted by atomic mass is 9.98. The smallest absolute Gasteiger partial charge is 0.138 e. The van der Waals surface area contributed by atoms with Crippen LogP contribution in [-0.4, -0.2) is 23.2 Å². The van der Waals surface area contributed by atoms with E-state index < -0.39 is 0 Å². The largest absolute Gasteiger partial charge is 0.381 e. The first-order valence-electron chi connectivity index (χ1n) is 6.85. The van der Waals surface area contributed by atoms with Crippen molar-refractivity contribution in [2.45, 2.75) is 39.2 Å². The van der Waals surface area contributed by atoms with E-state index in [0.717, 1.165) is 25.1 Å². The maximum absolute atomic E-state index is 5.45. The van der Waals surface area contributed by atoms with E-state index in [2.05, 4.69) is 37.0 Å². The lowest BCUT2D eigenvalue weighted by Gasteiger charge is -2.19. The molecule has 0 fully saturated rings. The average Bonchev–Trinajstić information content (AvgIpc) is 2.80. The Morgan fingerprint density at radius 1 is 1.32 bits per heavy atom. The molecule has 3 nitrogen and oxygen atoms in total. The molecule has 0 aliphatic heterocycles. The molecule has 3 heteroatoms. The molecule has 0 spiro atoms. The Hall–Kier alpha value is -1.61. The number of imidazole rings is 1. The molecule has 1 aliphatic carbocycles. The zero-order chi connectivity index (χ0) is 13.4. The van der Waals surface area contributed by atoms with Gasteiger partial charge in [-0.1, -0.05) is 23.8 Å². The van der Waals surface area contributed by atoms with Crippen LogP contribution in [0.15, 0.2) is 18.2 Å². The molecule has 1 heterocycles. The summed E-state index contributed by atoms with van der Waals surface area (Å²) in [7, 11) is 1.79. The Balaban J connectivity index is 1.97. The van der Waals surface area contributed by atoms with Gasteiger partial charge in [-0.25, -0.2) is 4.98 Å². The molecule has 0 saturated heterocycles. The van der Waals surface area contributed by atoms with E-state index in [0.29, 0.717) is 6.10 Å². The third-order valence-electron chi connectivity index (χ3n) is 3.97. The Morgan fingerprint density at radius 2 is 2.16 bits per heavy atom. The topological polar surface area (TPSA) is 37.9 Å². The number of aromatic amines is 1. The number of nitrogens with one attached hydrogen (secondary N) is 1. The van der Waals surface area contributed by atoms with Crippen molar-refractivity contribution in [1.82, 2.24) is 9.97 Å². The molecule has 1 atom stereocenters. The van der Waals surface area contributed by atoms with Crippen LogP contribution in [0.4, 0.5) is 0 Å². The summed E-state index contributed by atoms with van der Waals surface area (Å²) in [6, 6.07) is 6.50. The molecule has 1 N–H and O–H groups in total. The van der Waals surface area contributed by atoms with Crippen molar-refractivity contribution in [2.75, 3.05) is 7.11 Å². The highest BCUT2D eigenvalue weighted by molar-refractivity contribution is 5.61. The van der Waals surface area contributed by atoms with Crippen LogP contribution in [0.25, 0.3) is 11.4 Å². The van der Waals surface area contributed by atoms with Crippen molar-refractivity contribution in [2.24, 2.45) is 0 Å². The first kappa shape index (κ1) is 12.4. The Kier molecular flexibility index (Phi) is 3.15. The fourth-order valence-electron chi connectivity index (χ4n) is 2.86. The molecule has 100 valence electrons. The predicted molar refractivity (Wildman–Crippen MR) is 76.3 cm³/mol. The summed E-state index contributed by atoms with van der Waals surface area (Å²) in [5.74, 6) is 0.999. The van der Waals surface area contributed by atoms with Crippen LogP contribution < -0.4 is 0 Å². The number of aryl methyl sites for hydroxylation is 3. The maximum Gasteiger partial charge on any atom is 0.138 e. The zero-order valence-electron chi connectivity index (χ0n) is 11.8. The van der Waals surface area contributed by atoms with Gasteiger partial charge in [-0.05, 0) is 32.3 Å². The van der Waals surface area contributed by atoms with Crippen molar-refractivity contribution in [3.8, 4) is 11.4 Å². The summed E-state index contributed by atoms with van der Waals surface area (Å²) in [4.78, 5) is 8.25. The lowest BCUT2D eigenvalue weighted by molar-refractivity contribution is 0.0899. The number of hydrogen-bond donors (Lipinski definition) is 1. The number of H-pyrrole nitrogens is 1. The van der Waals surface area contributed by atoms with Crippen molar-refractivity contribution in [3.63, 3.8) is 0 Å². The predicted octanol–water partition coefficient (Wildman–Crippen LogP) is 3.20. The van der Waals surface area contributed by atoms with Gasteiger partial charge in [-0.3, -0.25) is 0 Å². The Morgan fingerprint density at radius 3 is 2.89 bits per heavy atom. The molecule has 0 saturated carbocycles. The van der Waals surface area contributed by atoms with E-state index in [-0.39, 0.29) is 0 Å². The first-order chi connectivity index (χ1) is 9.17. The minimum atomic E-state index is 0.333. The maximum atomic E-state index is 5.45. The van der Waals surface area contributed by atoms with Gasteiger partial charge in [0.25, 0.3) is 0 Å². The van der Waals surface area contributed by atoms with Crippen LogP contribution in [0.1, 0.15) is 28.9 Å². The zero-order valence-corrected chi connectivity index (χ0v) is 11.8. The summed E-state index contributed by atoms with van der Waals surface area (Å²) in [6.45, 7) is 4.26. The SMILES string of the molecule is COC1CCc2nc(-c3ccc(C)cc3C)[nH]c2C1. The number of aromatic nitrogens is 2. The quantitative estimate of drug-likeness (QED) is 0.896. The van der Waals surface area contributed by atoms with Crippen LogP contribution in [0.2, 0.25) is 0 Å². The third-order valence-corrected chi connectivity index (χ3v) is 3.97. The molecular formula is C16H20N2O. The molecule has 3 rings (SSSR count). The minimum Gasteiger partial charge on any atom is -0.381 e. The normalized spacial score (nSPS) is 18.4. The second-order valence-corrected chi connectivity index (χ2v) is 5.43. The van der Waals surface area contributed by atoms with Gasteiger partial charge in [0.2, 0.25) is 0 Å². The molecular weight excluding hydrogens is 236 g/mol. The highest BCUT2D eigenvalue weighted by Gasteiger charge is 2.22. The van der Waals surface area contributed by atoms with Gasteiger partial charge in [-0.2, -0.15) is 0 Å². The fourth-order valence-corrected chi connectivity index (χ4v) is 2.86. The number of fused-ring (bicyclic) bond motifs is 1. The van der Waals surface area contributed by atoms with Crippen LogP contribution >= 0.6 is 0 Å². The number of ether oxygens (including phenoxy) is 1. The van der Waals surface area contributed by atoms with Gasteiger partial charge >= 0.3 is 0 Å². The standard InChI is InChI=1S/C16H20N2O/c1-10-4-6-13(11(2)8-10)16-17-14-7-5-12(19-3)9-15(14)18-16/h4,6,8,12H,5,7,9H2,1-3H3,(H,17,18). The van der Waals surface area contributed by atoms with E-state index >= 15 is 0 Å². The van der Waals surface area contributed by atoms with E-state index in [1.54, 1.807) is 7.11 Å². The van der Waals surface area contributed by atoms with Crippen molar-refractivity contribution >= 4 is 0 Å². The second kappa shape index (κ2) is 4.82. The number of nitrogens with zero attached hydrogens (tertiary/aromatic N) is 1. The molecule has 1 aromatic carbocycles. The van der Waals surface area contributed by atoms with E-state index in [1.807, 2.05) is 0 Å². The molecule has 1 aromatic heterocycles. The molecule has 1 unspecified atom stereocenters. The Labute approximate surface area is 114 Å². The fraction of sp³-hybridized carbons (Fsp3) is 0.438. The van der Waals surface area contributed by atoms with E-state index in [9.17, 15) is 0 Å². The van der Waals surface area contributed by atoms with Gasteiger partial charge in [0.05, 0.1) is 11.8 Å². The summed E-state index contributed by atoms with van der Waals surface area (Å²) in [5, 5.41) is 0. The molecule has 1 aliphatic rings. The summed E-state index contributed by atoms with van der Waals surface area (Å²) in [6.07, 6.45) is 3.36. The van der Waals surface area contributed by atoms with Crippen molar-refractivity contribution < 1.29 is 4.74 Å². The van der Waals surface area contributed by atoms with E-state index in [1.165, 1.54) is 28.1 Å². The molecule has 2 aromatic rings. The number of benzene rings is 1. The summed E-state index contributed by atoms with van der Waals surface area (Å²) < 4.78 is 5.45. The Bertz CT molecular complexity index is 601. The second-order valence-electron chi connectivity index (χ2n) is 5.43. The van der Waals surface area contributed by atoms with Gasteiger partial charge in [0, 0.05) is 24.8 Å². The van der Waals surface area contributed by atoms with Crippen LogP contribution in [0.3, 0.4) is 0 Å². The number of rotatable bonds is 2. The monoisotopic (exact) mass is 256 g/mol. The highest BCUT2D eigenvalue weighted by atomic mass is 16.5. The summed E-state index contributed by atoms with van der Waals surface area (Å²) in [5.41, 5.74) is 6.22. The summed E-state index contributed by atoms with van der Waals surface area (Å²) >= 11 is 0. The molecule has 0 amide bonds. The molecule has 0 radical (unpaired) electrons. The van der Waals surface area contributed by atoms with Gasteiger partial charge in [0.15, 0.2) is 0 Å². The van der Waals surface area contributed by atoms with Crippen molar-refractivity contribution in [1.29, 1.82) is 0 Å². The highest BCUT2D eigenvalue weighted by Crippen LogP contribution is 2.27. The number of methoxy groups -OCH3 is 1. The van der Waals surface area contributed by atoms with Crippen LogP contribution in [0, 0.1) is 13.8 Å². The average molecular weight is 256 g/mol. The first-order valence-corrected chi connectivity index (χ1v) is 6.85. The van der Waals surface area contributed by atoms with Gasteiger partial charge < -0.3 is 9.72 Å². The number of hydrogen-bond acceptors (Lipinski definition) is 2. The van der Waals surface area contributed by atoms with Crippen LogP contribution in [-0.2, 0) is 17.6 Å². The lowest BCUT2D eigenvalue weighted by Crippen LogP contribution is -2.20. The van der Waals surface area contributed by atoms with E-state index in [4.69, 9.17) is 9.72 Å². The van der Waals surface area contributed by atoms with Gasteiger partial charge in [-0.15, -0.1) is 0 Å². The van der Waals surface area contributed by atoms with Crippen LogP contribution in [0.5, 0.6) is 0 Å². The molecule has 0 bridgehead atoms. The molecule has 19 heavy (non-hydrogen) atoms. The minimum absolute atomic E-state index is 0.333. The third kappa shape index (κ3) is 2.30. The van der Waals surface area contributed by atoms with Gasteiger partial charge in [0.1, 0.15) is 5.82 Å².